The second-order valence-corrected chi connectivity index (χ2v) is 8.37. The number of carbonyl (C=O) groups excluding carboxylic acids is 2. The van der Waals surface area contributed by atoms with Crippen molar-refractivity contribution in [2.45, 2.75) is 37.3 Å². The molecule has 0 radical (unpaired) electrons. The van der Waals surface area contributed by atoms with Crippen LogP contribution in [0.2, 0.25) is 0 Å². The van der Waals surface area contributed by atoms with Gasteiger partial charge in [0, 0.05) is 36.1 Å². The van der Waals surface area contributed by atoms with Gasteiger partial charge in [-0.2, -0.15) is 0 Å². The van der Waals surface area contributed by atoms with Gasteiger partial charge in [0.05, 0.1) is 12.7 Å². The number of hydrogen-bond donors (Lipinski definition) is 2. The van der Waals surface area contributed by atoms with Crippen LogP contribution in [0.5, 0.6) is 5.75 Å². The largest absolute Gasteiger partial charge is 0.493 e. The van der Waals surface area contributed by atoms with Gasteiger partial charge in [0.2, 0.25) is 0 Å². The summed E-state index contributed by atoms with van der Waals surface area (Å²) in [7, 11) is 0. The molecule has 1 unspecified atom stereocenters. The number of piperidine rings is 1. The van der Waals surface area contributed by atoms with Gasteiger partial charge in [0.1, 0.15) is 5.75 Å². The molecule has 2 fully saturated rings. The minimum atomic E-state index is -1.02. The van der Waals surface area contributed by atoms with Crippen molar-refractivity contribution in [3.8, 4) is 5.75 Å². The Morgan fingerprint density at radius 3 is 2.81 bits per heavy atom. The van der Waals surface area contributed by atoms with E-state index in [1.54, 1.807) is 0 Å². The first-order valence-corrected chi connectivity index (χ1v) is 10.3. The predicted octanol–water partition coefficient (Wildman–Crippen LogP) is 1.83. The Morgan fingerprint density at radius 2 is 2.04 bits per heavy atom. The van der Waals surface area contributed by atoms with Gasteiger partial charge in [-0.3, -0.25) is 9.69 Å². The number of halogens is 1. The van der Waals surface area contributed by atoms with Crippen LogP contribution >= 0.6 is 15.9 Å². The van der Waals surface area contributed by atoms with E-state index in [1.807, 2.05) is 18.2 Å². The Hall–Kier alpha value is -1.64. The lowest BCUT2D eigenvalue weighted by atomic mass is 9.84. The summed E-state index contributed by atoms with van der Waals surface area (Å²) in [5.74, 6) is 0.455. The highest BCUT2D eigenvalue weighted by Gasteiger charge is 2.54. The number of aliphatic hydroxyl groups is 1. The predicted molar refractivity (Wildman–Crippen MR) is 102 cm³/mol. The van der Waals surface area contributed by atoms with E-state index in [-0.39, 0.29) is 18.0 Å². The van der Waals surface area contributed by atoms with Crippen LogP contribution in [-0.2, 0) is 10.3 Å². The van der Waals surface area contributed by atoms with E-state index < -0.39 is 5.54 Å². The van der Waals surface area contributed by atoms with Crippen molar-refractivity contribution in [1.82, 2.24) is 15.1 Å². The van der Waals surface area contributed by atoms with Crippen LogP contribution in [0.25, 0.3) is 0 Å². The molecule has 1 spiro atoms. The molecule has 27 heavy (non-hydrogen) atoms. The van der Waals surface area contributed by atoms with Gasteiger partial charge in [-0.25, -0.2) is 4.79 Å². The molecule has 0 aromatic heterocycles. The lowest BCUT2D eigenvalue weighted by molar-refractivity contribution is -0.132. The number of nitrogens with zero attached hydrogens (tertiary/aromatic N) is 2. The number of benzene rings is 1. The summed E-state index contributed by atoms with van der Waals surface area (Å²) < 4.78 is 6.53. The fourth-order valence-electron chi connectivity index (χ4n) is 4.19. The lowest BCUT2D eigenvalue weighted by Gasteiger charge is -2.33. The Labute approximate surface area is 166 Å². The van der Waals surface area contributed by atoms with Gasteiger partial charge in [-0.05, 0) is 44.0 Å². The average Bonchev–Trinajstić information content (AvgIpc) is 2.89. The molecule has 3 aliphatic rings. The smallest absolute Gasteiger partial charge is 0.325 e. The summed E-state index contributed by atoms with van der Waals surface area (Å²) in [6, 6.07) is 5.22. The van der Waals surface area contributed by atoms with Gasteiger partial charge in [0.15, 0.2) is 5.54 Å². The number of fused-ring (bicyclic) bond motifs is 2. The summed E-state index contributed by atoms with van der Waals surface area (Å²) >= 11 is 3.44. The van der Waals surface area contributed by atoms with Gasteiger partial charge >= 0.3 is 6.03 Å². The zero-order valence-corrected chi connectivity index (χ0v) is 16.7. The third-order valence-electron chi connectivity index (χ3n) is 5.72. The fraction of sp³-hybridized carbons (Fsp3) is 0.579. The minimum absolute atomic E-state index is 0.191. The van der Waals surface area contributed by atoms with E-state index >= 15 is 0 Å². The summed E-state index contributed by atoms with van der Waals surface area (Å²) in [5.41, 5.74) is -0.307. The van der Waals surface area contributed by atoms with Crippen LogP contribution in [-0.4, -0.2) is 65.7 Å². The molecule has 0 aliphatic carbocycles. The first-order valence-electron chi connectivity index (χ1n) is 9.47. The third kappa shape index (κ3) is 3.46. The summed E-state index contributed by atoms with van der Waals surface area (Å²) in [6.07, 6.45) is 2.55. The number of hydrogen-bond acceptors (Lipinski definition) is 5. The van der Waals surface area contributed by atoms with E-state index in [0.29, 0.717) is 30.9 Å². The molecule has 1 atom stereocenters. The van der Waals surface area contributed by atoms with Crippen molar-refractivity contribution in [3.63, 3.8) is 0 Å². The second-order valence-electron chi connectivity index (χ2n) is 7.46. The average molecular weight is 438 g/mol. The second kappa shape index (κ2) is 7.41. The van der Waals surface area contributed by atoms with Crippen LogP contribution in [0.1, 0.15) is 31.2 Å². The van der Waals surface area contributed by atoms with Gasteiger partial charge < -0.3 is 20.1 Å². The maximum absolute atomic E-state index is 13.2. The molecule has 7 nitrogen and oxygen atoms in total. The maximum Gasteiger partial charge on any atom is 0.325 e. The molecule has 0 bridgehead atoms. The van der Waals surface area contributed by atoms with Crippen molar-refractivity contribution in [2.75, 3.05) is 32.8 Å². The SMILES string of the molecule is O=C1NC2(CCOc3ccc(Br)cc32)C(=O)N1CCCN1CCC(O)CC1. The Morgan fingerprint density at radius 1 is 1.26 bits per heavy atom. The van der Waals surface area contributed by atoms with E-state index in [0.717, 1.165) is 43.4 Å². The third-order valence-corrected chi connectivity index (χ3v) is 6.22. The molecule has 2 N–H and O–H groups in total. The number of nitrogens with one attached hydrogen (secondary N) is 1. The first kappa shape index (κ1) is 18.7. The van der Waals surface area contributed by atoms with E-state index in [9.17, 15) is 14.7 Å². The maximum atomic E-state index is 13.2. The molecule has 3 heterocycles. The van der Waals surface area contributed by atoms with Crippen LogP contribution in [0.15, 0.2) is 22.7 Å². The summed E-state index contributed by atoms with van der Waals surface area (Å²) in [6.45, 7) is 3.34. The molecule has 8 heteroatoms. The fourth-order valence-corrected chi connectivity index (χ4v) is 4.55. The number of imide groups is 1. The zero-order chi connectivity index (χ0) is 19.0. The molecule has 1 aromatic rings. The van der Waals surface area contributed by atoms with Crippen molar-refractivity contribution in [2.24, 2.45) is 0 Å². The number of amides is 3. The number of rotatable bonds is 4. The molecule has 3 amide bonds. The molecule has 4 rings (SSSR count). The minimum Gasteiger partial charge on any atom is -0.493 e. The van der Waals surface area contributed by atoms with Crippen molar-refractivity contribution in [3.05, 3.63) is 28.2 Å². The molecular formula is C19H24BrN3O4. The van der Waals surface area contributed by atoms with Crippen molar-refractivity contribution < 1.29 is 19.4 Å². The van der Waals surface area contributed by atoms with E-state index in [2.05, 4.69) is 26.1 Å². The number of likely N-dealkylation sites (tertiary alicyclic amines) is 1. The standard InChI is InChI=1S/C19H24BrN3O4/c20-13-2-3-16-15(12-13)19(6-11-27-16)17(25)23(18(26)21-19)8-1-7-22-9-4-14(24)5-10-22/h2-3,12,14,24H,1,4-11H2,(H,21,26). The van der Waals surface area contributed by atoms with Crippen LogP contribution in [0.3, 0.4) is 0 Å². The van der Waals surface area contributed by atoms with E-state index in [4.69, 9.17) is 4.74 Å². The molecular weight excluding hydrogens is 414 g/mol. The molecule has 1 aromatic carbocycles. The Balaban J connectivity index is 1.45. The quantitative estimate of drug-likeness (QED) is 0.702. The van der Waals surface area contributed by atoms with Crippen LogP contribution < -0.4 is 10.1 Å². The monoisotopic (exact) mass is 437 g/mol. The molecule has 146 valence electrons. The molecule has 2 saturated heterocycles. The molecule has 0 saturated carbocycles. The van der Waals surface area contributed by atoms with Gasteiger partial charge in [-0.1, -0.05) is 15.9 Å². The number of carbonyl (C=O) groups is 2. The van der Waals surface area contributed by atoms with Crippen molar-refractivity contribution in [1.29, 1.82) is 0 Å². The highest BCUT2D eigenvalue weighted by atomic mass is 79.9. The first-order chi connectivity index (χ1) is 13.0. The highest BCUT2D eigenvalue weighted by Crippen LogP contribution is 2.42. The van der Waals surface area contributed by atoms with E-state index in [1.165, 1.54) is 4.90 Å². The number of urea groups is 1. The van der Waals surface area contributed by atoms with Gasteiger partial charge in [-0.15, -0.1) is 0 Å². The van der Waals surface area contributed by atoms with Crippen LogP contribution in [0.4, 0.5) is 4.79 Å². The van der Waals surface area contributed by atoms with Crippen LogP contribution in [0, 0.1) is 0 Å². The van der Waals surface area contributed by atoms with Crippen molar-refractivity contribution >= 4 is 27.9 Å². The normalized spacial score (nSPS) is 26.2. The zero-order valence-electron chi connectivity index (χ0n) is 15.1. The number of aliphatic hydroxyl groups excluding tert-OH is 1. The Kier molecular flexibility index (Phi) is 5.13. The Bertz CT molecular complexity index is 750. The highest BCUT2D eigenvalue weighted by molar-refractivity contribution is 9.10. The summed E-state index contributed by atoms with van der Waals surface area (Å²) in [5, 5.41) is 12.5. The summed E-state index contributed by atoms with van der Waals surface area (Å²) in [4.78, 5) is 29.4. The molecule has 3 aliphatic heterocycles. The lowest BCUT2D eigenvalue weighted by Crippen LogP contribution is -2.47. The van der Waals surface area contributed by atoms with Gasteiger partial charge in [0.25, 0.3) is 5.91 Å². The topological polar surface area (TPSA) is 82.1 Å². The number of ether oxygens (including phenoxy) is 1.